The molecule has 0 spiro atoms. The Balaban J connectivity index is 2.74. The molecule has 88 valence electrons. The summed E-state index contributed by atoms with van der Waals surface area (Å²) in [6, 6.07) is 8.42. The Morgan fingerprint density at radius 3 is 2.38 bits per heavy atom. The summed E-state index contributed by atoms with van der Waals surface area (Å²) in [5, 5.41) is 2.76. The molecule has 0 fully saturated rings. The zero-order valence-electron chi connectivity index (χ0n) is 10.4. The second-order valence-electron chi connectivity index (χ2n) is 4.10. The van der Waals surface area contributed by atoms with Crippen LogP contribution < -0.4 is 10.2 Å². The van der Waals surface area contributed by atoms with Gasteiger partial charge in [-0.2, -0.15) is 0 Å². The minimum atomic E-state index is -0.0389. The van der Waals surface area contributed by atoms with Gasteiger partial charge in [-0.05, 0) is 37.6 Å². The molecule has 16 heavy (non-hydrogen) atoms. The summed E-state index contributed by atoms with van der Waals surface area (Å²) in [5.41, 5.74) is 2.01. The molecular formula is C13H20N2O. The van der Waals surface area contributed by atoms with Crippen molar-refractivity contribution < 1.29 is 4.79 Å². The van der Waals surface area contributed by atoms with Crippen molar-refractivity contribution in [3.8, 4) is 0 Å². The average Bonchev–Trinajstić information content (AvgIpc) is 2.27. The Morgan fingerprint density at radius 1 is 1.38 bits per heavy atom. The van der Waals surface area contributed by atoms with Gasteiger partial charge in [0.15, 0.2) is 0 Å². The standard InChI is InChI=1S/C13H20N2O/c1-5-10(2)15(4)13-8-6-12(7-9-13)14-11(3)16/h6-10H,5H2,1-4H3,(H,14,16). The van der Waals surface area contributed by atoms with Crippen molar-refractivity contribution in [2.75, 3.05) is 17.3 Å². The second-order valence-corrected chi connectivity index (χ2v) is 4.10. The highest BCUT2D eigenvalue weighted by molar-refractivity contribution is 5.88. The van der Waals surface area contributed by atoms with Crippen LogP contribution in [-0.4, -0.2) is 19.0 Å². The number of nitrogens with one attached hydrogen (secondary N) is 1. The maximum Gasteiger partial charge on any atom is 0.221 e. The van der Waals surface area contributed by atoms with E-state index in [1.807, 2.05) is 24.3 Å². The minimum Gasteiger partial charge on any atom is -0.372 e. The van der Waals surface area contributed by atoms with Crippen LogP contribution in [0.1, 0.15) is 27.2 Å². The zero-order chi connectivity index (χ0) is 12.1. The third kappa shape index (κ3) is 3.26. The van der Waals surface area contributed by atoms with Crippen LogP contribution in [0.3, 0.4) is 0 Å². The number of benzene rings is 1. The maximum atomic E-state index is 10.9. The van der Waals surface area contributed by atoms with Gasteiger partial charge in [-0.3, -0.25) is 4.79 Å². The summed E-state index contributed by atoms with van der Waals surface area (Å²) in [4.78, 5) is 13.1. The van der Waals surface area contributed by atoms with Gasteiger partial charge >= 0.3 is 0 Å². The van der Waals surface area contributed by atoms with Crippen molar-refractivity contribution >= 4 is 17.3 Å². The van der Waals surface area contributed by atoms with Crippen LogP contribution in [0.5, 0.6) is 0 Å². The predicted molar refractivity (Wildman–Crippen MR) is 68.9 cm³/mol. The first-order chi connectivity index (χ1) is 7.54. The van der Waals surface area contributed by atoms with Gasteiger partial charge in [0.1, 0.15) is 0 Å². The maximum absolute atomic E-state index is 10.9. The molecule has 1 aromatic rings. The number of rotatable bonds is 4. The number of anilines is 2. The van der Waals surface area contributed by atoms with Crippen LogP contribution in [0.2, 0.25) is 0 Å². The average molecular weight is 220 g/mol. The Morgan fingerprint density at radius 2 is 1.94 bits per heavy atom. The first kappa shape index (κ1) is 12.6. The van der Waals surface area contributed by atoms with E-state index in [4.69, 9.17) is 0 Å². The molecule has 1 atom stereocenters. The normalized spacial score (nSPS) is 12.0. The van der Waals surface area contributed by atoms with E-state index < -0.39 is 0 Å². The number of hydrogen-bond donors (Lipinski definition) is 1. The van der Waals surface area contributed by atoms with Gasteiger partial charge in [0, 0.05) is 31.4 Å². The van der Waals surface area contributed by atoms with Gasteiger partial charge in [-0.15, -0.1) is 0 Å². The second kappa shape index (κ2) is 5.54. The Bertz CT molecular complexity index is 345. The third-order valence-corrected chi connectivity index (χ3v) is 2.85. The molecule has 1 aromatic carbocycles. The van der Waals surface area contributed by atoms with Gasteiger partial charge < -0.3 is 10.2 Å². The summed E-state index contributed by atoms with van der Waals surface area (Å²) in [6.07, 6.45) is 1.12. The quantitative estimate of drug-likeness (QED) is 0.846. The van der Waals surface area contributed by atoms with Gasteiger partial charge in [0.2, 0.25) is 5.91 Å². The van der Waals surface area contributed by atoms with E-state index in [2.05, 4.69) is 31.1 Å². The SMILES string of the molecule is CCC(C)N(C)c1ccc(NC(C)=O)cc1. The van der Waals surface area contributed by atoms with Crippen LogP contribution >= 0.6 is 0 Å². The summed E-state index contributed by atoms with van der Waals surface area (Å²) in [5.74, 6) is -0.0389. The van der Waals surface area contributed by atoms with Crippen LogP contribution in [0, 0.1) is 0 Å². The van der Waals surface area contributed by atoms with Crippen molar-refractivity contribution in [1.82, 2.24) is 0 Å². The van der Waals surface area contributed by atoms with Crippen molar-refractivity contribution in [2.24, 2.45) is 0 Å². The summed E-state index contributed by atoms with van der Waals surface area (Å²) >= 11 is 0. The highest BCUT2D eigenvalue weighted by atomic mass is 16.1. The van der Waals surface area contributed by atoms with Crippen LogP contribution in [0.4, 0.5) is 11.4 Å². The van der Waals surface area contributed by atoms with Crippen molar-refractivity contribution in [2.45, 2.75) is 33.2 Å². The Labute approximate surface area is 97.5 Å². The number of amides is 1. The number of hydrogen-bond acceptors (Lipinski definition) is 2. The summed E-state index contributed by atoms with van der Waals surface area (Å²) < 4.78 is 0. The fourth-order valence-electron chi connectivity index (χ4n) is 1.51. The lowest BCUT2D eigenvalue weighted by molar-refractivity contribution is -0.114. The first-order valence-electron chi connectivity index (χ1n) is 5.65. The fraction of sp³-hybridized carbons (Fsp3) is 0.462. The number of nitrogens with zero attached hydrogens (tertiary/aromatic N) is 1. The molecule has 0 bridgehead atoms. The fourth-order valence-corrected chi connectivity index (χ4v) is 1.51. The molecule has 3 heteroatoms. The minimum absolute atomic E-state index is 0.0389. The molecular weight excluding hydrogens is 200 g/mol. The molecule has 0 saturated heterocycles. The summed E-state index contributed by atoms with van der Waals surface area (Å²) in [6.45, 7) is 5.88. The van der Waals surface area contributed by atoms with Crippen LogP contribution in [-0.2, 0) is 4.79 Å². The molecule has 1 amide bonds. The van der Waals surface area contributed by atoms with Crippen molar-refractivity contribution in [3.05, 3.63) is 24.3 Å². The zero-order valence-corrected chi connectivity index (χ0v) is 10.4. The smallest absolute Gasteiger partial charge is 0.221 e. The molecule has 3 nitrogen and oxygen atoms in total. The summed E-state index contributed by atoms with van der Waals surface area (Å²) in [7, 11) is 2.08. The Kier molecular flexibility index (Phi) is 4.35. The van der Waals surface area contributed by atoms with E-state index in [0.29, 0.717) is 6.04 Å². The lowest BCUT2D eigenvalue weighted by Crippen LogP contribution is -2.27. The molecule has 0 aliphatic heterocycles. The molecule has 0 aliphatic rings. The molecule has 1 N–H and O–H groups in total. The number of carbonyl (C=O) groups is 1. The van der Waals surface area contributed by atoms with Gasteiger partial charge in [0.05, 0.1) is 0 Å². The Hall–Kier alpha value is -1.51. The molecule has 1 rings (SSSR count). The van der Waals surface area contributed by atoms with E-state index in [9.17, 15) is 4.79 Å². The molecule has 1 unspecified atom stereocenters. The van der Waals surface area contributed by atoms with E-state index >= 15 is 0 Å². The molecule has 0 aliphatic carbocycles. The largest absolute Gasteiger partial charge is 0.372 e. The lowest BCUT2D eigenvalue weighted by Gasteiger charge is -2.26. The van der Waals surface area contributed by atoms with Crippen molar-refractivity contribution in [3.63, 3.8) is 0 Å². The van der Waals surface area contributed by atoms with Crippen LogP contribution in [0.15, 0.2) is 24.3 Å². The molecule has 0 heterocycles. The van der Waals surface area contributed by atoms with E-state index in [1.165, 1.54) is 12.6 Å². The predicted octanol–water partition coefficient (Wildman–Crippen LogP) is 2.88. The topological polar surface area (TPSA) is 32.3 Å². The van der Waals surface area contributed by atoms with E-state index in [1.54, 1.807) is 0 Å². The molecule has 0 saturated carbocycles. The molecule has 0 radical (unpaired) electrons. The monoisotopic (exact) mass is 220 g/mol. The van der Waals surface area contributed by atoms with Gasteiger partial charge in [-0.25, -0.2) is 0 Å². The van der Waals surface area contributed by atoms with E-state index in [-0.39, 0.29) is 5.91 Å². The van der Waals surface area contributed by atoms with Gasteiger partial charge in [-0.1, -0.05) is 6.92 Å². The highest BCUT2D eigenvalue weighted by Gasteiger charge is 2.07. The van der Waals surface area contributed by atoms with Gasteiger partial charge in [0.25, 0.3) is 0 Å². The van der Waals surface area contributed by atoms with Crippen LogP contribution in [0.25, 0.3) is 0 Å². The molecule has 0 aromatic heterocycles. The first-order valence-corrected chi connectivity index (χ1v) is 5.65. The number of carbonyl (C=O) groups excluding carboxylic acids is 1. The van der Waals surface area contributed by atoms with E-state index in [0.717, 1.165) is 12.1 Å². The lowest BCUT2D eigenvalue weighted by atomic mass is 10.2. The van der Waals surface area contributed by atoms with Crippen molar-refractivity contribution in [1.29, 1.82) is 0 Å². The third-order valence-electron chi connectivity index (χ3n) is 2.85. The highest BCUT2D eigenvalue weighted by Crippen LogP contribution is 2.19.